The lowest BCUT2D eigenvalue weighted by atomic mass is 10.0. The molecule has 3 heteroatoms. The summed E-state index contributed by atoms with van der Waals surface area (Å²) in [6, 6.07) is 6.93. The van der Waals surface area contributed by atoms with Gasteiger partial charge in [0.25, 0.3) is 0 Å². The lowest BCUT2D eigenvalue weighted by molar-refractivity contribution is 0.271. The molecule has 1 aromatic carbocycles. The van der Waals surface area contributed by atoms with Gasteiger partial charge in [-0.05, 0) is 49.7 Å². The van der Waals surface area contributed by atoms with Crippen molar-refractivity contribution in [3.63, 3.8) is 0 Å². The molecule has 19 heavy (non-hydrogen) atoms. The fourth-order valence-corrected chi connectivity index (χ4v) is 3.21. The van der Waals surface area contributed by atoms with Gasteiger partial charge in [-0.2, -0.15) is 0 Å². The quantitative estimate of drug-likeness (QED) is 0.914. The first-order valence-corrected chi connectivity index (χ1v) is 7.26. The minimum Gasteiger partial charge on any atom is -0.342 e. The molecule has 102 valence electrons. The average Bonchev–Trinajstić information content (AvgIpc) is 2.72. The molecule has 3 nitrogen and oxygen atoms in total. The van der Waals surface area contributed by atoms with Crippen LogP contribution < -0.4 is 5.73 Å². The highest BCUT2D eigenvalue weighted by Crippen LogP contribution is 2.30. The third kappa shape index (κ3) is 2.07. The van der Waals surface area contributed by atoms with E-state index in [0.717, 1.165) is 39.0 Å². The molecular formula is C16H23N3. The molecule has 1 aliphatic rings. The molecule has 0 amide bonds. The number of benzene rings is 1. The van der Waals surface area contributed by atoms with Crippen LogP contribution in [0.2, 0.25) is 0 Å². The molecular weight excluding hydrogens is 234 g/mol. The van der Waals surface area contributed by atoms with Crippen molar-refractivity contribution in [3.8, 4) is 0 Å². The van der Waals surface area contributed by atoms with Crippen LogP contribution in [0.3, 0.4) is 0 Å². The zero-order valence-corrected chi connectivity index (χ0v) is 11.9. The predicted molar refractivity (Wildman–Crippen MR) is 80.4 cm³/mol. The molecule has 0 atom stereocenters. The number of aromatic nitrogens is 1. The number of aryl methyl sites for hydroxylation is 1. The van der Waals surface area contributed by atoms with Crippen molar-refractivity contribution in [3.05, 3.63) is 35.0 Å². The Morgan fingerprint density at radius 3 is 2.84 bits per heavy atom. The van der Waals surface area contributed by atoms with E-state index in [9.17, 15) is 0 Å². The summed E-state index contributed by atoms with van der Waals surface area (Å²) in [6.07, 6.45) is 2.08. The normalized spacial score (nSPS) is 15.9. The Labute approximate surface area is 115 Å². The Hall–Kier alpha value is -1.32. The molecule has 1 aliphatic heterocycles. The minimum atomic E-state index is 0.728. The van der Waals surface area contributed by atoms with Crippen LogP contribution in [-0.4, -0.2) is 29.6 Å². The molecule has 0 aliphatic carbocycles. The smallest absolute Gasteiger partial charge is 0.0486 e. The number of likely N-dealkylation sites (N-methyl/N-ethyl adjacent to an activating group) is 1. The van der Waals surface area contributed by atoms with Gasteiger partial charge in [0.1, 0.15) is 0 Å². The summed E-state index contributed by atoms with van der Waals surface area (Å²) in [4.78, 5) is 2.40. The third-order valence-electron chi connectivity index (χ3n) is 4.28. The first kappa shape index (κ1) is 12.7. The SMILES string of the molecule is CCc1ccc2c(c1)c(CCN)c1n2CCN(C)C1. The fraction of sp³-hybridized carbons (Fsp3) is 0.500. The number of hydrogen-bond donors (Lipinski definition) is 1. The maximum absolute atomic E-state index is 5.83. The highest BCUT2D eigenvalue weighted by atomic mass is 15.2. The second-order valence-electron chi connectivity index (χ2n) is 5.56. The first-order valence-electron chi connectivity index (χ1n) is 7.26. The van der Waals surface area contributed by atoms with Crippen LogP contribution in [0.4, 0.5) is 0 Å². The Kier molecular flexibility index (Phi) is 3.33. The van der Waals surface area contributed by atoms with Crippen molar-refractivity contribution in [2.75, 3.05) is 20.1 Å². The maximum atomic E-state index is 5.83. The Balaban J connectivity index is 2.23. The van der Waals surface area contributed by atoms with E-state index in [4.69, 9.17) is 5.73 Å². The summed E-state index contributed by atoms with van der Waals surface area (Å²) in [5.41, 5.74) is 11.6. The molecule has 0 bridgehead atoms. The van der Waals surface area contributed by atoms with E-state index >= 15 is 0 Å². The summed E-state index contributed by atoms with van der Waals surface area (Å²) >= 11 is 0. The second-order valence-corrected chi connectivity index (χ2v) is 5.56. The standard InChI is InChI=1S/C16H23N3/c1-3-12-4-5-15-14(10-12)13(6-7-17)16-11-18(2)8-9-19(15)16/h4-5,10H,3,6-9,11,17H2,1-2H3. The second kappa shape index (κ2) is 4.99. The van der Waals surface area contributed by atoms with E-state index in [1.165, 1.54) is 27.7 Å². The summed E-state index contributed by atoms with van der Waals surface area (Å²) in [6.45, 7) is 6.22. The zero-order chi connectivity index (χ0) is 13.4. The minimum absolute atomic E-state index is 0.728. The van der Waals surface area contributed by atoms with Crippen molar-refractivity contribution in [2.24, 2.45) is 5.73 Å². The van der Waals surface area contributed by atoms with Crippen LogP contribution in [0.5, 0.6) is 0 Å². The molecule has 2 N–H and O–H groups in total. The van der Waals surface area contributed by atoms with Gasteiger partial charge < -0.3 is 10.3 Å². The van der Waals surface area contributed by atoms with Gasteiger partial charge in [-0.25, -0.2) is 0 Å². The molecule has 1 aromatic heterocycles. The highest BCUT2D eigenvalue weighted by Gasteiger charge is 2.21. The van der Waals surface area contributed by atoms with Crippen LogP contribution in [0.25, 0.3) is 10.9 Å². The van der Waals surface area contributed by atoms with Crippen LogP contribution in [0, 0.1) is 0 Å². The summed E-state index contributed by atoms with van der Waals surface area (Å²) < 4.78 is 2.50. The van der Waals surface area contributed by atoms with E-state index in [-0.39, 0.29) is 0 Å². The van der Waals surface area contributed by atoms with E-state index in [1.54, 1.807) is 0 Å². The van der Waals surface area contributed by atoms with Crippen molar-refractivity contribution in [1.82, 2.24) is 9.47 Å². The molecule has 0 fully saturated rings. The maximum Gasteiger partial charge on any atom is 0.0486 e. The van der Waals surface area contributed by atoms with Crippen molar-refractivity contribution < 1.29 is 0 Å². The summed E-state index contributed by atoms with van der Waals surface area (Å²) in [7, 11) is 2.20. The average molecular weight is 257 g/mol. The fourth-order valence-electron chi connectivity index (χ4n) is 3.21. The lowest BCUT2D eigenvalue weighted by Gasteiger charge is -2.26. The Morgan fingerprint density at radius 2 is 2.11 bits per heavy atom. The molecule has 0 unspecified atom stereocenters. The largest absolute Gasteiger partial charge is 0.342 e. The van der Waals surface area contributed by atoms with Crippen LogP contribution in [0.1, 0.15) is 23.7 Å². The third-order valence-corrected chi connectivity index (χ3v) is 4.28. The van der Waals surface area contributed by atoms with Gasteiger partial charge in [-0.3, -0.25) is 4.90 Å². The van der Waals surface area contributed by atoms with Gasteiger partial charge in [0.15, 0.2) is 0 Å². The van der Waals surface area contributed by atoms with Gasteiger partial charge in [-0.15, -0.1) is 0 Å². The van der Waals surface area contributed by atoms with Crippen LogP contribution >= 0.6 is 0 Å². The number of hydrogen-bond acceptors (Lipinski definition) is 2. The highest BCUT2D eigenvalue weighted by molar-refractivity contribution is 5.86. The molecule has 2 aromatic rings. The lowest BCUT2D eigenvalue weighted by Crippen LogP contribution is -2.30. The van der Waals surface area contributed by atoms with Gasteiger partial charge in [0.2, 0.25) is 0 Å². The van der Waals surface area contributed by atoms with E-state index < -0.39 is 0 Å². The van der Waals surface area contributed by atoms with Crippen molar-refractivity contribution in [1.29, 1.82) is 0 Å². The topological polar surface area (TPSA) is 34.2 Å². The molecule has 3 rings (SSSR count). The monoisotopic (exact) mass is 257 g/mol. The number of rotatable bonds is 3. The van der Waals surface area contributed by atoms with Crippen molar-refractivity contribution >= 4 is 10.9 Å². The number of nitrogens with two attached hydrogens (primary N) is 1. The van der Waals surface area contributed by atoms with E-state index in [0.29, 0.717) is 0 Å². The van der Waals surface area contributed by atoms with Crippen LogP contribution in [-0.2, 0) is 25.9 Å². The van der Waals surface area contributed by atoms with Crippen LogP contribution in [0.15, 0.2) is 18.2 Å². The molecule has 2 heterocycles. The molecule has 0 spiro atoms. The van der Waals surface area contributed by atoms with E-state index in [1.807, 2.05) is 0 Å². The molecule has 0 radical (unpaired) electrons. The Morgan fingerprint density at radius 1 is 1.26 bits per heavy atom. The zero-order valence-electron chi connectivity index (χ0n) is 11.9. The molecule has 0 saturated carbocycles. The number of nitrogens with zero attached hydrogens (tertiary/aromatic N) is 2. The van der Waals surface area contributed by atoms with Gasteiger partial charge in [0, 0.05) is 36.2 Å². The first-order chi connectivity index (χ1) is 9.24. The summed E-state index contributed by atoms with van der Waals surface area (Å²) in [5, 5.41) is 1.43. The van der Waals surface area contributed by atoms with Gasteiger partial charge >= 0.3 is 0 Å². The predicted octanol–water partition coefficient (Wildman–Crippen LogP) is 2.15. The molecule has 0 saturated heterocycles. The van der Waals surface area contributed by atoms with Gasteiger partial charge in [0.05, 0.1) is 0 Å². The number of fused-ring (bicyclic) bond motifs is 3. The van der Waals surface area contributed by atoms with Crippen molar-refractivity contribution in [2.45, 2.75) is 32.9 Å². The Bertz CT molecular complexity index is 598. The van der Waals surface area contributed by atoms with Gasteiger partial charge in [-0.1, -0.05) is 13.0 Å². The summed E-state index contributed by atoms with van der Waals surface area (Å²) in [5.74, 6) is 0. The van der Waals surface area contributed by atoms with E-state index in [2.05, 4.69) is 41.6 Å².